The van der Waals surface area contributed by atoms with Crippen molar-refractivity contribution in [3.8, 4) is 5.75 Å². The van der Waals surface area contributed by atoms with E-state index in [1.165, 1.54) is 42.7 Å². The molecule has 36 heavy (non-hydrogen) atoms. The molecule has 2 atom stereocenters. The molecule has 1 fully saturated rings. The number of carboxylic acid groups (broad SMARTS) is 1. The Morgan fingerprint density at radius 1 is 1.42 bits per heavy atom. The van der Waals surface area contributed by atoms with Crippen LogP contribution in [-0.2, 0) is 25.8 Å². The highest BCUT2D eigenvalue weighted by Crippen LogP contribution is 2.40. The molecule has 2 unspecified atom stereocenters. The van der Waals surface area contributed by atoms with Crippen LogP contribution in [0, 0.1) is 0 Å². The van der Waals surface area contributed by atoms with Gasteiger partial charge in [-0.2, -0.15) is 0 Å². The van der Waals surface area contributed by atoms with Crippen molar-refractivity contribution in [1.82, 2.24) is 19.8 Å². The van der Waals surface area contributed by atoms with Crippen LogP contribution in [0.3, 0.4) is 0 Å². The van der Waals surface area contributed by atoms with Crippen molar-refractivity contribution < 1.29 is 29.4 Å². The van der Waals surface area contributed by atoms with Gasteiger partial charge in [0, 0.05) is 29.9 Å². The van der Waals surface area contributed by atoms with Crippen LogP contribution in [0.4, 0.5) is 5.13 Å². The first-order valence-electron chi connectivity index (χ1n) is 10.3. The molecule has 1 saturated heterocycles. The second-order valence-corrected chi connectivity index (χ2v) is 9.52. The number of nitrogen functional groups attached to an aromatic ring is 1. The van der Waals surface area contributed by atoms with Crippen molar-refractivity contribution in [3.63, 3.8) is 0 Å². The number of allylic oxidation sites excluding steroid dienone is 2. The summed E-state index contributed by atoms with van der Waals surface area (Å²) < 4.78 is 1.54. The normalized spacial score (nSPS) is 19.8. The van der Waals surface area contributed by atoms with Crippen LogP contribution in [0.15, 0.2) is 57.2 Å². The third-order valence-corrected chi connectivity index (χ3v) is 7.22. The maximum Gasteiger partial charge on any atom is 0.352 e. The summed E-state index contributed by atoms with van der Waals surface area (Å²) in [5.74, 6) is -2.70. The number of carboxylic acids is 1. The monoisotopic (exact) mass is 532 g/mol. The average Bonchev–Trinajstić information content (AvgIpc) is 3.28. The molecule has 4 heterocycles. The number of rotatable bonds is 8. The SMILES string of the molecule is CO/N=C(\C(=O)NC1C(=O)N2C(C(=O)O)=C(/C=C/Cn3ccc(=O)c(O)c3)CSC12)c1csc(N)n1. The lowest BCUT2D eigenvalue weighted by atomic mass is 10.0. The number of fused-ring (bicyclic) bond motifs is 1. The molecule has 0 radical (unpaired) electrons. The minimum atomic E-state index is -1.28. The van der Waals surface area contributed by atoms with E-state index in [-0.39, 0.29) is 34.5 Å². The summed E-state index contributed by atoms with van der Waals surface area (Å²) in [6.07, 6.45) is 5.98. The number of nitrogens with two attached hydrogens (primary N) is 1. The Hall–Kier alpha value is -4.11. The number of aliphatic carboxylic acids is 1. The molecule has 188 valence electrons. The number of pyridine rings is 1. The number of nitrogens with one attached hydrogen (secondary N) is 1. The molecule has 2 aliphatic heterocycles. The Morgan fingerprint density at radius 2 is 2.19 bits per heavy atom. The Bertz CT molecular complexity index is 1380. The summed E-state index contributed by atoms with van der Waals surface area (Å²) in [6.45, 7) is 0.258. The van der Waals surface area contributed by atoms with E-state index in [9.17, 15) is 29.4 Å². The number of carbonyl (C=O) groups is 3. The lowest BCUT2D eigenvalue weighted by Gasteiger charge is -2.49. The zero-order valence-corrected chi connectivity index (χ0v) is 20.3. The van der Waals surface area contributed by atoms with Gasteiger partial charge in [-0.3, -0.25) is 19.3 Å². The predicted molar refractivity (Wildman–Crippen MR) is 131 cm³/mol. The topological polar surface area (TPSA) is 189 Å². The Labute approximate surface area is 211 Å². The fraction of sp³-hybridized carbons (Fsp3) is 0.238. The maximum absolute atomic E-state index is 12.9. The number of thioether (sulfide) groups is 1. The number of aromatic hydroxyl groups is 1. The van der Waals surface area contributed by atoms with E-state index in [2.05, 4.69) is 15.5 Å². The van der Waals surface area contributed by atoms with Gasteiger partial charge in [0.2, 0.25) is 5.43 Å². The van der Waals surface area contributed by atoms with Crippen LogP contribution in [0.25, 0.3) is 0 Å². The van der Waals surface area contributed by atoms with Crippen LogP contribution in [-0.4, -0.2) is 72.4 Å². The van der Waals surface area contributed by atoms with Gasteiger partial charge in [-0.15, -0.1) is 23.1 Å². The molecule has 0 saturated carbocycles. The van der Waals surface area contributed by atoms with Crippen molar-refractivity contribution in [2.45, 2.75) is 18.0 Å². The lowest BCUT2D eigenvalue weighted by Crippen LogP contribution is -2.71. The van der Waals surface area contributed by atoms with E-state index in [0.717, 1.165) is 16.2 Å². The molecule has 0 aliphatic carbocycles. The largest absolute Gasteiger partial charge is 0.503 e. The van der Waals surface area contributed by atoms with E-state index < -0.39 is 40.4 Å². The summed E-state index contributed by atoms with van der Waals surface area (Å²) in [6, 6.07) is 0.246. The van der Waals surface area contributed by atoms with Crippen LogP contribution in [0.1, 0.15) is 5.69 Å². The summed E-state index contributed by atoms with van der Waals surface area (Å²) >= 11 is 2.41. The highest BCUT2D eigenvalue weighted by atomic mass is 32.2. The van der Waals surface area contributed by atoms with Crippen LogP contribution >= 0.6 is 23.1 Å². The molecule has 4 rings (SSSR count). The van der Waals surface area contributed by atoms with Crippen molar-refractivity contribution in [2.75, 3.05) is 18.6 Å². The Balaban J connectivity index is 1.49. The number of oxime groups is 1. The standard InChI is InChI=1S/C21H20N6O7S2/c1-34-25-14(11-9-36-21(22)23-11)17(30)24-15-18(31)27-16(20(32)33)10(8-35-19(15)27)3-2-5-26-6-4-12(28)13(29)7-26/h2-4,6-7,9,15,19,29H,5,8H2,1H3,(H2,22,23)(H,24,30)(H,32,33)/b3-2+,25-14-. The molecule has 2 aromatic heterocycles. The first-order valence-corrected chi connectivity index (χ1v) is 12.2. The van der Waals surface area contributed by atoms with Crippen molar-refractivity contribution in [1.29, 1.82) is 0 Å². The van der Waals surface area contributed by atoms with E-state index >= 15 is 0 Å². The number of nitrogens with zero attached hydrogens (tertiary/aromatic N) is 4. The molecule has 5 N–H and O–H groups in total. The molecule has 15 heteroatoms. The molecular weight excluding hydrogens is 512 g/mol. The molecule has 0 spiro atoms. The van der Waals surface area contributed by atoms with Gasteiger partial charge in [0.1, 0.15) is 29.9 Å². The number of hydrogen-bond acceptors (Lipinski definition) is 11. The zero-order chi connectivity index (χ0) is 26.0. The second kappa shape index (κ2) is 10.2. The molecule has 2 amide bonds. The highest BCUT2D eigenvalue weighted by molar-refractivity contribution is 8.00. The lowest BCUT2D eigenvalue weighted by molar-refractivity contribution is -0.150. The van der Waals surface area contributed by atoms with Crippen LogP contribution in [0.2, 0.25) is 0 Å². The number of aromatic nitrogens is 2. The first kappa shape index (κ1) is 25.0. The summed E-state index contributed by atoms with van der Waals surface area (Å²) in [5.41, 5.74) is 5.38. The van der Waals surface area contributed by atoms with Gasteiger partial charge in [-0.25, -0.2) is 9.78 Å². The molecular formula is C21H20N6O7S2. The van der Waals surface area contributed by atoms with Crippen LogP contribution < -0.4 is 16.5 Å². The number of hydrogen-bond donors (Lipinski definition) is 4. The van der Waals surface area contributed by atoms with Gasteiger partial charge in [0.25, 0.3) is 11.8 Å². The summed E-state index contributed by atoms with van der Waals surface area (Å²) in [5, 5.41) is 26.7. The smallest absolute Gasteiger partial charge is 0.352 e. The van der Waals surface area contributed by atoms with Gasteiger partial charge >= 0.3 is 5.97 Å². The van der Waals surface area contributed by atoms with Gasteiger partial charge in [-0.1, -0.05) is 17.3 Å². The van der Waals surface area contributed by atoms with E-state index in [0.29, 0.717) is 5.57 Å². The Morgan fingerprint density at radius 3 is 2.83 bits per heavy atom. The third-order valence-electron chi connectivity index (χ3n) is 5.24. The fourth-order valence-electron chi connectivity index (χ4n) is 3.62. The zero-order valence-electron chi connectivity index (χ0n) is 18.7. The summed E-state index contributed by atoms with van der Waals surface area (Å²) in [7, 11) is 1.26. The van der Waals surface area contributed by atoms with E-state index in [4.69, 9.17) is 10.6 Å². The van der Waals surface area contributed by atoms with E-state index in [1.54, 1.807) is 16.7 Å². The van der Waals surface area contributed by atoms with Gasteiger partial charge in [0.15, 0.2) is 16.6 Å². The van der Waals surface area contributed by atoms with Gasteiger partial charge in [0.05, 0.1) is 6.20 Å². The van der Waals surface area contributed by atoms with Crippen molar-refractivity contribution in [2.24, 2.45) is 5.16 Å². The minimum absolute atomic E-state index is 0.163. The quantitative estimate of drug-likeness (QED) is 0.204. The van der Waals surface area contributed by atoms with Crippen LogP contribution in [0.5, 0.6) is 5.75 Å². The molecule has 0 bridgehead atoms. The summed E-state index contributed by atoms with van der Waals surface area (Å²) in [4.78, 5) is 58.9. The van der Waals surface area contributed by atoms with Crippen molar-refractivity contribution in [3.05, 3.63) is 63.2 Å². The number of amides is 2. The predicted octanol–water partition coefficient (Wildman–Crippen LogP) is -0.0619. The maximum atomic E-state index is 12.9. The van der Waals surface area contributed by atoms with E-state index in [1.807, 2.05) is 0 Å². The number of β-lactam (4-membered cyclic amide) rings is 1. The number of thiazole rings is 1. The molecule has 2 aliphatic rings. The minimum Gasteiger partial charge on any atom is -0.503 e. The average molecular weight is 533 g/mol. The van der Waals surface area contributed by atoms with Gasteiger partial charge in [-0.05, 0) is 5.57 Å². The molecule has 13 nitrogen and oxygen atoms in total. The molecule has 2 aromatic rings. The van der Waals surface area contributed by atoms with Gasteiger partial charge < -0.3 is 30.7 Å². The first-order chi connectivity index (χ1) is 17.2. The highest BCUT2D eigenvalue weighted by Gasteiger charge is 2.54. The molecule has 0 aromatic carbocycles. The number of carbonyl (C=O) groups excluding carboxylic acids is 2. The second-order valence-electron chi connectivity index (χ2n) is 7.53. The number of anilines is 1. The fourth-order valence-corrected chi connectivity index (χ4v) is 5.48. The van der Waals surface area contributed by atoms with Crippen molar-refractivity contribution >= 4 is 51.7 Å². The third kappa shape index (κ3) is 4.83. The Kier molecular flexibility index (Phi) is 7.12.